The summed E-state index contributed by atoms with van der Waals surface area (Å²) >= 11 is 3.35. The Hall–Kier alpha value is -2.08. The molecule has 122 valence electrons. The molecular formula is C17H19BrN2O3. The Morgan fingerprint density at radius 1 is 1.26 bits per heavy atom. The van der Waals surface area contributed by atoms with E-state index in [2.05, 4.69) is 21.2 Å². The Morgan fingerprint density at radius 2 is 2.09 bits per heavy atom. The van der Waals surface area contributed by atoms with Crippen LogP contribution in [0.4, 0.5) is 0 Å². The fourth-order valence-electron chi connectivity index (χ4n) is 2.15. The van der Waals surface area contributed by atoms with E-state index in [9.17, 15) is 9.59 Å². The maximum atomic E-state index is 12.0. The van der Waals surface area contributed by atoms with Gasteiger partial charge in [-0.3, -0.25) is 9.59 Å². The molecule has 0 atom stereocenters. The van der Waals surface area contributed by atoms with Crippen molar-refractivity contribution in [1.29, 1.82) is 0 Å². The van der Waals surface area contributed by atoms with E-state index in [1.807, 2.05) is 0 Å². The van der Waals surface area contributed by atoms with E-state index < -0.39 is 0 Å². The van der Waals surface area contributed by atoms with Crippen LogP contribution in [0.25, 0.3) is 0 Å². The third kappa shape index (κ3) is 5.25. The first-order valence-corrected chi connectivity index (χ1v) is 8.17. The van der Waals surface area contributed by atoms with E-state index in [-0.39, 0.29) is 11.5 Å². The van der Waals surface area contributed by atoms with Crippen molar-refractivity contribution in [2.75, 3.05) is 13.7 Å². The van der Waals surface area contributed by atoms with E-state index in [0.29, 0.717) is 24.4 Å². The second-order valence-corrected chi connectivity index (χ2v) is 5.99. The first-order valence-electron chi connectivity index (χ1n) is 7.38. The van der Waals surface area contributed by atoms with Crippen LogP contribution in [0.5, 0.6) is 5.75 Å². The van der Waals surface area contributed by atoms with E-state index in [4.69, 9.17) is 4.74 Å². The van der Waals surface area contributed by atoms with Crippen molar-refractivity contribution in [1.82, 2.24) is 9.88 Å². The number of rotatable bonds is 7. The molecule has 0 aliphatic carbocycles. The van der Waals surface area contributed by atoms with Gasteiger partial charge >= 0.3 is 0 Å². The summed E-state index contributed by atoms with van der Waals surface area (Å²) in [6.45, 7) is 1.20. The van der Waals surface area contributed by atoms with Crippen molar-refractivity contribution in [3.8, 4) is 5.75 Å². The minimum atomic E-state index is -0.122. The van der Waals surface area contributed by atoms with Gasteiger partial charge in [0.15, 0.2) is 0 Å². The molecule has 1 aromatic heterocycles. The molecule has 0 aliphatic heterocycles. The SMILES string of the molecule is COc1cccc(C(=O)NCCCCn2cc(Br)ccc2=O)c1. The first-order chi connectivity index (χ1) is 11.1. The van der Waals surface area contributed by atoms with Crippen LogP contribution in [0.2, 0.25) is 0 Å². The fourth-order valence-corrected chi connectivity index (χ4v) is 2.53. The standard InChI is InChI=1S/C17H19BrN2O3/c1-23-15-6-4-5-13(11-15)17(22)19-9-2-3-10-20-12-14(18)7-8-16(20)21/h4-8,11-12H,2-3,9-10H2,1H3,(H,19,22). The van der Waals surface area contributed by atoms with Crippen LogP contribution in [-0.2, 0) is 6.54 Å². The van der Waals surface area contributed by atoms with Gasteiger partial charge in [-0.05, 0) is 53.0 Å². The smallest absolute Gasteiger partial charge is 0.251 e. The number of halogens is 1. The van der Waals surface area contributed by atoms with Gasteiger partial charge in [0.25, 0.3) is 11.5 Å². The number of hydrogen-bond acceptors (Lipinski definition) is 3. The van der Waals surface area contributed by atoms with Crippen LogP contribution in [0.3, 0.4) is 0 Å². The lowest BCUT2D eigenvalue weighted by Crippen LogP contribution is -2.25. The minimum absolute atomic E-state index is 0.0198. The number of pyridine rings is 1. The van der Waals surface area contributed by atoms with Gasteiger partial charge in [-0.1, -0.05) is 6.07 Å². The number of nitrogens with zero attached hydrogens (tertiary/aromatic N) is 1. The van der Waals surface area contributed by atoms with Crippen LogP contribution in [0, 0.1) is 0 Å². The predicted octanol–water partition coefficient (Wildman–Crippen LogP) is 2.83. The molecule has 1 N–H and O–H groups in total. The number of carbonyl (C=O) groups is 1. The summed E-state index contributed by atoms with van der Waals surface area (Å²) in [6.07, 6.45) is 3.39. The molecule has 1 aromatic carbocycles. The lowest BCUT2D eigenvalue weighted by atomic mass is 10.2. The van der Waals surface area contributed by atoms with Crippen LogP contribution >= 0.6 is 15.9 Å². The molecule has 0 aliphatic rings. The Bertz CT molecular complexity index is 728. The zero-order chi connectivity index (χ0) is 16.7. The van der Waals surface area contributed by atoms with Crippen molar-refractivity contribution in [2.24, 2.45) is 0 Å². The average molecular weight is 379 g/mol. The molecule has 0 spiro atoms. The molecule has 2 rings (SSSR count). The van der Waals surface area contributed by atoms with Crippen molar-refractivity contribution in [3.05, 3.63) is 63.0 Å². The van der Waals surface area contributed by atoms with Crippen molar-refractivity contribution < 1.29 is 9.53 Å². The van der Waals surface area contributed by atoms with Gasteiger partial charge in [0, 0.05) is 35.4 Å². The third-order valence-electron chi connectivity index (χ3n) is 3.39. The molecule has 0 saturated heterocycles. The largest absolute Gasteiger partial charge is 0.497 e. The van der Waals surface area contributed by atoms with E-state index in [1.165, 1.54) is 6.07 Å². The predicted molar refractivity (Wildman–Crippen MR) is 93.0 cm³/mol. The molecule has 0 unspecified atom stereocenters. The molecule has 2 aromatic rings. The molecule has 0 radical (unpaired) electrons. The van der Waals surface area contributed by atoms with Gasteiger partial charge in [-0.25, -0.2) is 0 Å². The number of hydrogen-bond donors (Lipinski definition) is 1. The second-order valence-electron chi connectivity index (χ2n) is 5.07. The summed E-state index contributed by atoms with van der Waals surface area (Å²) in [6, 6.07) is 10.3. The van der Waals surface area contributed by atoms with Crippen LogP contribution < -0.4 is 15.6 Å². The zero-order valence-electron chi connectivity index (χ0n) is 12.9. The molecular weight excluding hydrogens is 360 g/mol. The van der Waals surface area contributed by atoms with Crippen LogP contribution in [0.15, 0.2) is 51.9 Å². The third-order valence-corrected chi connectivity index (χ3v) is 3.86. The maximum absolute atomic E-state index is 12.0. The Kier molecular flexibility index (Phi) is 6.40. The molecule has 1 heterocycles. The molecule has 0 fully saturated rings. The molecule has 1 amide bonds. The van der Waals surface area contributed by atoms with E-state index in [1.54, 1.807) is 48.2 Å². The summed E-state index contributed by atoms with van der Waals surface area (Å²) < 4.78 is 7.64. The highest BCUT2D eigenvalue weighted by Crippen LogP contribution is 2.12. The highest BCUT2D eigenvalue weighted by molar-refractivity contribution is 9.10. The maximum Gasteiger partial charge on any atom is 0.251 e. The van der Waals surface area contributed by atoms with Crippen molar-refractivity contribution in [2.45, 2.75) is 19.4 Å². The number of methoxy groups -OCH3 is 1. The summed E-state index contributed by atoms with van der Waals surface area (Å²) in [5.41, 5.74) is 0.557. The average Bonchev–Trinajstić information content (AvgIpc) is 2.57. The van der Waals surface area contributed by atoms with Gasteiger partial charge in [-0.2, -0.15) is 0 Å². The van der Waals surface area contributed by atoms with Gasteiger partial charge in [0.1, 0.15) is 5.75 Å². The fraction of sp³-hybridized carbons (Fsp3) is 0.294. The normalized spacial score (nSPS) is 10.3. The summed E-state index contributed by atoms with van der Waals surface area (Å²) in [7, 11) is 1.57. The zero-order valence-corrected chi connectivity index (χ0v) is 14.5. The number of benzene rings is 1. The summed E-state index contributed by atoms with van der Waals surface area (Å²) in [5, 5.41) is 2.87. The Balaban J connectivity index is 1.75. The number of ether oxygens (including phenoxy) is 1. The lowest BCUT2D eigenvalue weighted by molar-refractivity contribution is 0.0952. The second kappa shape index (κ2) is 8.53. The topological polar surface area (TPSA) is 60.3 Å². The van der Waals surface area contributed by atoms with Crippen LogP contribution in [0.1, 0.15) is 23.2 Å². The van der Waals surface area contributed by atoms with Crippen molar-refractivity contribution in [3.63, 3.8) is 0 Å². The van der Waals surface area contributed by atoms with Crippen LogP contribution in [-0.4, -0.2) is 24.1 Å². The lowest BCUT2D eigenvalue weighted by Gasteiger charge is -2.08. The van der Waals surface area contributed by atoms with E-state index >= 15 is 0 Å². The van der Waals surface area contributed by atoms with E-state index in [0.717, 1.165) is 17.3 Å². The van der Waals surface area contributed by atoms with Gasteiger partial charge in [0.2, 0.25) is 0 Å². The number of carbonyl (C=O) groups excluding carboxylic acids is 1. The Morgan fingerprint density at radius 3 is 2.87 bits per heavy atom. The monoisotopic (exact) mass is 378 g/mol. The van der Waals surface area contributed by atoms with Crippen molar-refractivity contribution >= 4 is 21.8 Å². The quantitative estimate of drug-likeness (QED) is 0.753. The number of amides is 1. The molecule has 5 nitrogen and oxygen atoms in total. The highest BCUT2D eigenvalue weighted by Gasteiger charge is 2.05. The molecule has 0 saturated carbocycles. The Labute approximate surface area is 143 Å². The number of nitrogens with one attached hydrogen (secondary N) is 1. The van der Waals surface area contributed by atoms with Gasteiger partial charge < -0.3 is 14.6 Å². The minimum Gasteiger partial charge on any atom is -0.497 e. The summed E-state index contributed by atoms with van der Waals surface area (Å²) in [4.78, 5) is 23.7. The highest BCUT2D eigenvalue weighted by atomic mass is 79.9. The van der Waals surface area contributed by atoms with Gasteiger partial charge in [-0.15, -0.1) is 0 Å². The summed E-state index contributed by atoms with van der Waals surface area (Å²) in [5.74, 6) is 0.537. The number of aryl methyl sites for hydroxylation is 1. The molecule has 0 bridgehead atoms. The molecule has 6 heteroatoms. The number of aromatic nitrogens is 1. The number of unbranched alkanes of at least 4 members (excludes halogenated alkanes) is 1. The molecule has 23 heavy (non-hydrogen) atoms. The first kappa shape index (κ1) is 17.3. The van der Waals surface area contributed by atoms with Gasteiger partial charge in [0.05, 0.1) is 7.11 Å².